The van der Waals surface area contributed by atoms with Crippen LogP contribution in [0.2, 0.25) is 0 Å². The Kier molecular flexibility index (Phi) is 6.06. The molecular formula is C12H18N4S3. The number of hydrogen-bond donors (Lipinski definition) is 1. The van der Waals surface area contributed by atoms with Crippen LogP contribution >= 0.6 is 34.4 Å². The van der Waals surface area contributed by atoms with E-state index >= 15 is 0 Å². The van der Waals surface area contributed by atoms with E-state index < -0.39 is 0 Å². The number of thiazole rings is 1. The molecule has 0 spiro atoms. The summed E-state index contributed by atoms with van der Waals surface area (Å²) in [4.78, 5) is 4.61. The summed E-state index contributed by atoms with van der Waals surface area (Å²) < 4.78 is 1.00. The molecule has 0 radical (unpaired) electrons. The van der Waals surface area contributed by atoms with Crippen LogP contribution in [-0.4, -0.2) is 21.7 Å². The Morgan fingerprint density at radius 1 is 1.26 bits per heavy atom. The summed E-state index contributed by atoms with van der Waals surface area (Å²) in [6, 6.07) is 0. The molecule has 0 atom stereocenters. The minimum Gasteiger partial charge on any atom is -0.360 e. The van der Waals surface area contributed by atoms with Gasteiger partial charge >= 0.3 is 0 Å². The molecule has 0 bridgehead atoms. The van der Waals surface area contributed by atoms with Crippen LogP contribution in [0.1, 0.15) is 37.4 Å². The minimum atomic E-state index is 0.878. The van der Waals surface area contributed by atoms with Gasteiger partial charge in [-0.25, -0.2) is 4.98 Å². The van der Waals surface area contributed by atoms with E-state index in [1.54, 1.807) is 34.4 Å². The molecule has 2 rings (SSSR count). The van der Waals surface area contributed by atoms with E-state index in [2.05, 4.69) is 39.7 Å². The predicted octanol–water partition coefficient (Wildman–Crippen LogP) is 4.06. The Bertz CT molecular complexity index is 495. The zero-order chi connectivity index (χ0) is 13.5. The Balaban J connectivity index is 1.82. The van der Waals surface area contributed by atoms with Gasteiger partial charge in [0, 0.05) is 17.7 Å². The number of hydrogen-bond acceptors (Lipinski definition) is 7. The van der Waals surface area contributed by atoms with E-state index in [0.29, 0.717) is 0 Å². The van der Waals surface area contributed by atoms with Gasteiger partial charge in [-0.2, -0.15) is 0 Å². The number of anilines is 1. The largest absolute Gasteiger partial charge is 0.360 e. The third kappa shape index (κ3) is 4.74. The van der Waals surface area contributed by atoms with Gasteiger partial charge in [0.1, 0.15) is 0 Å². The van der Waals surface area contributed by atoms with E-state index in [0.717, 1.165) is 46.7 Å². The second-order valence-electron chi connectivity index (χ2n) is 4.07. The number of rotatable bonds is 8. The third-order valence-corrected chi connectivity index (χ3v) is 5.34. The fourth-order valence-electron chi connectivity index (χ4n) is 1.45. The molecule has 0 aliphatic carbocycles. The molecule has 7 heteroatoms. The standard InChI is InChI=1S/C12H18N4S3/c1-3-5-10-14-9(7-17-10)8-18-12-16-15-11(19-12)13-6-4-2/h7H,3-6,8H2,1-2H3,(H,13,15). The van der Waals surface area contributed by atoms with Crippen molar-refractivity contribution in [1.29, 1.82) is 0 Å². The summed E-state index contributed by atoms with van der Waals surface area (Å²) in [6.07, 6.45) is 3.34. The van der Waals surface area contributed by atoms with Crippen molar-refractivity contribution in [2.75, 3.05) is 11.9 Å². The summed E-state index contributed by atoms with van der Waals surface area (Å²) in [5.41, 5.74) is 1.15. The van der Waals surface area contributed by atoms with Gasteiger partial charge in [-0.1, -0.05) is 36.9 Å². The Morgan fingerprint density at radius 3 is 2.95 bits per heavy atom. The summed E-state index contributed by atoms with van der Waals surface area (Å²) in [6.45, 7) is 5.27. The summed E-state index contributed by atoms with van der Waals surface area (Å²) >= 11 is 5.08. The van der Waals surface area contributed by atoms with Crippen molar-refractivity contribution < 1.29 is 0 Å². The van der Waals surface area contributed by atoms with Gasteiger partial charge < -0.3 is 5.32 Å². The van der Waals surface area contributed by atoms with E-state index in [9.17, 15) is 0 Å². The summed E-state index contributed by atoms with van der Waals surface area (Å²) in [5, 5.41) is 15.8. The van der Waals surface area contributed by atoms with Crippen molar-refractivity contribution in [3.63, 3.8) is 0 Å². The highest BCUT2D eigenvalue weighted by Crippen LogP contribution is 2.28. The van der Waals surface area contributed by atoms with Crippen LogP contribution < -0.4 is 5.32 Å². The molecule has 0 aliphatic heterocycles. The molecule has 0 unspecified atom stereocenters. The molecule has 2 aromatic rings. The van der Waals surface area contributed by atoms with Crippen LogP contribution in [-0.2, 0) is 12.2 Å². The quantitative estimate of drug-likeness (QED) is 0.745. The second-order valence-corrected chi connectivity index (χ2v) is 7.21. The first-order valence-electron chi connectivity index (χ1n) is 6.45. The maximum atomic E-state index is 4.61. The average Bonchev–Trinajstić information content (AvgIpc) is 3.03. The molecule has 2 heterocycles. The SMILES string of the molecule is CCCNc1nnc(SCc2csc(CCC)n2)s1. The van der Waals surface area contributed by atoms with Crippen LogP contribution in [0.25, 0.3) is 0 Å². The van der Waals surface area contributed by atoms with Crippen molar-refractivity contribution in [2.45, 2.75) is 43.2 Å². The first-order valence-corrected chi connectivity index (χ1v) is 9.13. The van der Waals surface area contributed by atoms with Crippen molar-refractivity contribution in [2.24, 2.45) is 0 Å². The number of aryl methyl sites for hydroxylation is 1. The zero-order valence-electron chi connectivity index (χ0n) is 11.2. The lowest BCUT2D eigenvalue weighted by atomic mass is 10.3. The maximum Gasteiger partial charge on any atom is 0.206 e. The first-order chi connectivity index (χ1) is 9.31. The van der Waals surface area contributed by atoms with Crippen LogP contribution in [0.5, 0.6) is 0 Å². The molecule has 0 saturated heterocycles. The number of nitrogens with one attached hydrogen (secondary N) is 1. The van der Waals surface area contributed by atoms with Crippen molar-refractivity contribution >= 4 is 39.6 Å². The normalized spacial score (nSPS) is 10.8. The lowest BCUT2D eigenvalue weighted by molar-refractivity contribution is 0.902. The topological polar surface area (TPSA) is 50.7 Å². The highest BCUT2D eigenvalue weighted by molar-refractivity contribution is 8.00. The monoisotopic (exact) mass is 314 g/mol. The predicted molar refractivity (Wildman–Crippen MR) is 84.4 cm³/mol. The molecule has 104 valence electrons. The molecule has 0 fully saturated rings. The Morgan fingerprint density at radius 2 is 2.16 bits per heavy atom. The fourth-order valence-corrected chi connectivity index (χ4v) is 4.13. The molecule has 1 N–H and O–H groups in total. The van der Waals surface area contributed by atoms with Crippen LogP contribution in [0.4, 0.5) is 5.13 Å². The molecule has 2 aromatic heterocycles. The number of thioether (sulfide) groups is 1. The van der Waals surface area contributed by atoms with Crippen molar-refractivity contribution in [1.82, 2.24) is 15.2 Å². The zero-order valence-corrected chi connectivity index (χ0v) is 13.6. The maximum absolute atomic E-state index is 4.61. The molecular weight excluding hydrogens is 296 g/mol. The van der Waals surface area contributed by atoms with E-state index in [-0.39, 0.29) is 0 Å². The molecule has 4 nitrogen and oxygen atoms in total. The van der Waals surface area contributed by atoms with Crippen molar-refractivity contribution in [3.05, 3.63) is 16.1 Å². The fraction of sp³-hybridized carbons (Fsp3) is 0.583. The van der Waals surface area contributed by atoms with Crippen LogP contribution in [0.3, 0.4) is 0 Å². The molecule has 0 aliphatic rings. The molecule has 0 aromatic carbocycles. The lowest BCUT2D eigenvalue weighted by Crippen LogP contribution is -1.98. The second kappa shape index (κ2) is 7.81. The highest BCUT2D eigenvalue weighted by atomic mass is 32.2. The van der Waals surface area contributed by atoms with Crippen LogP contribution in [0.15, 0.2) is 9.72 Å². The lowest BCUT2D eigenvalue weighted by Gasteiger charge is -1.95. The van der Waals surface area contributed by atoms with Gasteiger partial charge in [0.2, 0.25) is 5.13 Å². The highest BCUT2D eigenvalue weighted by Gasteiger charge is 2.06. The summed E-state index contributed by atoms with van der Waals surface area (Å²) in [7, 11) is 0. The molecule has 19 heavy (non-hydrogen) atoms. The summed E-state index contributed by atoms with van der Waals surface area (Å²) in [5.74, 6) is 0.878. The van der Waals surface area contributed by atoms with Gasteiger partial charge in [-0.3, -0.25) is 0 Å². The number of nitrogens with zero attached hydrogens (tertiary/aromatic N) is 3. The molecule has 0 amide bonds. The molecule has 0 saturated carbocycles. The third-order valence-electron chi connectivity index (χ3n) is 2.34. The van der Waals surface area contributed by atoms with Gasteiger partial charge in [0.15, 0.2) is 4.34 Å². The van der Waals surface area contributed by atoms with Crippen LogP contribution in [0, 0.1) is 0 Å². The van der Waals surface area contributed by atoms with Crippen molar-refractivity contribution in [3.8, 4) is 0 Å². The average molecular weight is 315 g/mol. The van der Waals surface area contributed by atoms with Gasteiger partial charge in [-0.15, -0.1) is 21.5 Å². The van der Waals surface area contributed by atoms with Gasteiger partial charge in [0.25, 0.3) is 0 Å². The number of aromatic nitrogens is 3. The van der Waals surface area contributed by atoms with E-state index in [1.165, 1.54) is 5.01 Å². The first kappa shape index (κ1) is 14.7. The Labute approximate surface area is 126 Å². The minimum absolute atomic E-state index is 0.878. The van der Waals surface area contributed by atoms with E-state index in [1.807, 2.05) is 0 Å². The van der Waals surface area contributed by atoms with E-state index in [4.69, 9.17) is 0 Å². The Hall–Kier alpha value is -0.660. The van der Waals surface area contributed by atoms with Gasteiger partial charge in [0.05, 0.1) is 10.7 Å². The smallest absolute Gasteiger partial charge is 0.206 e. The van der Waals surface area contributed by atoms with Gasteiger partial charge in [-0.05, 0) is 19.3 Å².